The second-order valence-corrected chi connectivity index (χ2v) is 6.05. The third-order valence-electron chi connectivity index (χ3n) is 4.02. The summed E-state index contributed by atoms with van der Waals surface area (Å²) in [6.45, 7) is 0.890. The molecule has 0 aliphatic carbocycles. The van der Waals surface area contributed by atoms with Crippen LogP contribution in [-0.4, -0.2) is 33.2 Å². The van der Waals surface area contributed by atoms with Gasteiger partial charge in [0.05, 0.1) is 6.54 Å². The first-order chi connectivity index (χ1) is 12.1. The van der Waals surface area contributed by atoms with E-state index in [1.54, 1.807) is 0 Å². The van der Waals surface area contributed by atoms with Crippen molar-refractivity contribution in [3.05, 3.63) is 72.3 Å². The van der Waals surface area contributed by atoms with E-state index in [1.165, 1.54) is 5.39 Å². The van der Waals surface area contributed by atoms with Crippen LogP contribution in [0.4, 0.5) is 5.69 Å². The molecule has 1 amide bonds. The second-order valence-electron chi connectivity index (χ2n) is 6.05. The van der Waals surface area contributed by atoms with E-state index in [9.17, 15) is 4.79 Å². The van der Waals surface area contributed by atoms with Crippen molar-refractivity contribution < 1.29 is 9.53 Å². The van der Waals surface area contributed by atoms with Crippen LogP contribution in [0.2, 0.25) is 0 Å². The normalized spacial score (nSPS) is 10.5. The third-order valence-corrected chi connectivity index (χ3v) is 4.02. The van der Waals surface area contributed by atoms with Gasteiger partial charge in [0.25, 0.3) is 5.91 Å². The van der Waals surface area contributed by atoms with Crippen LogP contribution in [0, 0.1) is 0 Å². The van der Waals surface area contributed by atoms with Gasteiger partial charge in [-0.3, -0.25) is 4.79 Å². The molecule has 0 aliphatic rings. The number of rotatable bonds is 6. The Morgan fingerprint density at radius 2 is 1.68 bits per heavy atom. The fourth-order valence-electron chi connectivity index (χ4n) is 2.60. The summed E-state index contributed by atoms with van der Waals surface area (Å²) in [6, 6.07) is 21.7. The number of anilines is 1. The van der Waals surface area contributed by atoms with Crippen LogP contribution < -0.4 is 15.0 Å². The van der Waals surface area contributed by atoms with Gasteiger partial charge in [-0.25, -0.2) is 0 Å². The van der Waals surface area contributed by atoms with Crippen molar-refractivity contribution in [1.82, 2.24) is 5.32 Å². The summed E-state index contributed by atoms with van der Waals surface area (Å²) in [5.74, 6) is 0.718. The quantitative estimate of drug-likeness (QED) is 0.699. The molecule has 25 heavy (non-hydrogen) atoms. The van der Waals surface area contributed by atoms with Crippen molar-refractivity contribution in [3.63, 3.8) is 0 Å². The van der Waals surface area contributed by atoms with Crippen molar-refractivity contribution in [3.8, 4) is 5.75 Å². The van der Waals surface area contributed by atoms with Crippen molar-refractivity contribution in [2.24, 2.45) is 0 Å². The van der Waals surface area contributed by atoms with E-state index >= 15 is 0 Å². The molecule has 0 radical (unpaired) electrons. The number of carbonyl (C=O) groups excluding carboxylic acids is 1. The van der Waals surface area contributed by atoms with Crippen molar-refractivity contribution in [2.75, 3.05) is 32.1 Å². The van der Waals surface area contributed by atoms with Gasteiger partial charge in [-0.15, -0.1) is 0 Å². The molecule has 3 aromatic rings. The van der Waals surface area contributed by atoms with E-state index < -0.39 is 0 Å². The maximum atomic E-state index is 12.1. The van der Waals surface area contributed by atoms with Gasteiger partial charge >= 0.3 is 0 Å². The Morgan fingerprint density at radius 1 is 0.960 bits per heavy atom. The first-order valence-electron chi connectivity index (χ1n) is 8.31. The van der Waals surface area contributed by atoms with Crippen LogP contribution in [0.25, 0.3) is 10.8 Å². The number of fused-ring (bicyclic) bond motifs is 1. The number of nitrogens with one attached hydrogen (secondary N) is 1. The molecular weight excluding hydrogens is 312 g/mol. The maximum absolute atomic E-state index is 12.1. The number of carbonyl (C=O) groups is 1. The molecule has 3 aromatic carbocycles. The van der Waals surface area contributed by atoms with Gasteiger partial charge in [-0.2, -0.15) is 0 Å². The number of amides is 1. The largest absolute Gasteiger partial charge is 0.492 e. The second kappa shape index (κ2) is 7.71. The monoisotopic (exact) mass is 334 g/mol. The van der Waals surface area contributed by atoms with Crippen LogP contribution in [0.5, 0.6) is 5.75 Å². The molecule has 0 bridgehead atoms. The fraction of sp³-hybridized carbons (Fsp3) is 0.190. The van der Waals surface area contributed by atoms with Crippen LogP contribution in [-0.2, 0) is 0 Å². The summed E-state index contributed by atoms with van der Waals surface area (Å²) in [7, 11) is 3.94. The summed E-state index contributed by atoms with van der Waals surface area (Å²) in [5.41, 5.74) is 1.72. The van der Waals surface area contributed by atoms with Gasteiger partial charge in [0.2, 0.25) is 0 Å². The average Bonchev–Trinajstić information content (AvgIpc) is 2.65. The molecule has 0 spiro atoms. The number of benzene rings is 3. The minimum atomic E-state index is -0.0904. The summed E-state index contributed by atoms with van der Waals surface area (Å²) < 4.78 is 5.73. The molecule has 0 saturated heterocycles. The van der Waals surface area contributed by atoms with Gasteiger partial charge in [0, 0.05) is 25.3 Å². The minimum absolute atomic E-state index is 0.0904. The Balaban J connectivity index is 1.49. The van der Waals surface area contributed by atoms with E-state index in [-0.39, 0.29) is 5.91 Å². The lowest BCUT2D eigenvalue weighted by Crippen LogP contribution is -2.28. The summed E-state index contributed by atoms with van der Waals surface area (Å²) in [5, 5.41) is 5.21. The highest BCUT2D eigenvalue weighted by Gasteiger charge is 2.05. The number of hydrogen-bond donors (Lipinski definition) is 1. The van der Waals surface area contributed by atoms with E-state index in [4.69, 9.17) is 4.74 Å². The summed E-state index contributed by atoms with van der Waals surface area (Å²) in [6.07, 6.45) is 0. The molecule has 0 unspecified atom stereocenters. The van der Waals surface area contributed by atoms with Gasteiger partial charge in [0.15, 0.2) is 0 Å². The lowest BCUT2D eigenvalue weighted by atomic mass is 10.1. The predicted octanol–water partition coefficient (Wildman–Crippen LogP) is 3.71. The predicted molar refractivity (Wildman–Crippen MR) is 103 cm³/mol. The zero-order valence-corrected chi connectivity index (χ0v) is 14.5. The van der Waals surface area contributed by atoms with E-state index in [0.717, 1.165) is 16.8 Å². The molecule has 0 heterocycles. The van der Waals surface area contributed by atoms with Crippen molar-refractivity contribution in [2.45, 2.75) is 0 Å². The molecule has 4 heteroatoms. The van der Waals surface area contributed by atoms with Gasteiger partial charge < -0.3 is 15.0 Å². The molecule has 4 nitrogen and oxygen atoms in total. The zero-order valence-electron chi connectivity index (χ0n) is 14.5. The number of nitrogens with zero attached hydrogens (tertiary/aromatic N) is 1. The topological polar surface area (TPSA) is 41.6 Å². The average molecular weight is 334 g/mol. The Kier molecular flexibility index (Phi) is 5.19. The van der Waals surface area contributed by atoms with Crippen molar-refractivity contribution in [1.29, 1.82) is 0 Å². The minimum Gasteiger partial charge on any atom is -0.492 e. The van der Waals surface area contributed by atoms with Crippen molar-refractivity contribution >= 4 is 22.4 Å². The first kappa shape index (κ1) is 16.8. The van der Waals surface area contributed by atoms with Crippen LogP contribution >= 0.6 is 0 Å². The highest BCUT2D eigenvalue weighted by molar-refractivity contribution is 5.94. The Bertz CT molecular complexity index is 857. The smallest absolute Gasteiger partial charge is 0.251 e. The van der Waals surface area contributed by atoms with E-state index in [1.807, 2.05) is 73.6 Å². The van der Waals surface area contributed by atoms with Crippen LogP contribution in [0.1, 0.15) is 10.4 Å². The first-order valence-corrected chi connectivity index (χ1v) is 8.31. The number of hydrogen-bond acceptors (Lipinski definition) is 3. The van der Waals surface area contributed by atoms with Gasteiger partial charge in [0.1, 0.15) is 12.4 Å². The lowest BCUT2D eigenvalue weighted by Gasteiger charge is -2.13. The lowest BCUT2D eigenvalue weighted by molar-refractivity contribution is 0.0947. The van der Waals surface area contributed by atoms with E-state index in [0.29, 0.717) is 18.7 Å². The Hall–Kier alpha value is -3.01. The highest BCUT2D eigenvalue weighted by Crippen LogP contribution is 2.20. The van der Waals surface area contributed by atoms with Crippen LogP contribution in [0.3, 0.4) is 0 Å². The molecule has 0 aromatic heterocycles. The molecule has 0 fully saturated rings. The third kappa shape index (κ3) is 4.29. The molecule has 128 valence electrons. The molecule has 0 saturated carbocycles. The number of ether oxygens (including phenoxy) is 1. The zero-order chi connectivity index (χ0) is 17.6. The Labute approximate surface area is 148 Å². The highest BCUT2D eigenvalue weighted by atomic mass is 16.5. The molecule has 1 N–H and O–H groups in total. The van der Waals surface area contributed by atoms with Crippen LogP contribution in [0.15, 0.2) is 66.7 Å². The molecular formula is C21H22N2O2. The molecule has 3 rings (SSSR count). The van der Waals surface area contributed by atoms with Gasteiger partial charge in [-0.05, 0) is 47.2 Å². The fourth-order valence-corrected chi connectivity index (χ4v) is 2.60. The van der Waals surface area contributed by atoms with Gasteiger partial charge in [-0.1, -0.05) is 30.3 Å². The maximum Gasteiger partial charge on any atom is 0.251 e. The summed E-state index contributed by atoms with van der Waals surface area (Å²) >= 11 is 0. The van der Waals surface area contributed by atoms with E-state index in [2.05, 4.69) is 17.4 Å². The molecule has 0 atom stereocenters. The standard InChI is InChI=1S/C21H22N2O2/c1-23(2)19-10-7-17(8-11-19)21(24)22-13-14-25-20-12-9-16-5-3-4-6-18(16)15-20/h3-12,15H,13-14H2,1-2H3,(H,22,24). The SMILES string of the molecule is CN(C)c1ccc(C(=O)NCCOc2ccc3ccccc3c2)cc1. The Morgan fingerprint density at radius 3 is 2.40 bits per heavy atom. The summed E-state index contributed by atoms with van der Waals surface area (Å²) in [4.78, 5) is 14.1. The molecule has 0 aliphatic heterocycles.